The van der Waals surface area contributed by atoms with E-state index >= 15 is 0 Å². The van der Waals surface area contributed by atoms with Gasteiger partial charge in [0, 0.05) is 29.2 Å². The number of alkyl halides is 2. The third-order valence-corrected chi connectivity index (χ3v) is 3.37. The van der Waals surface area contributed by atoms with Crippen LogP contribution in [0.1, 0.15) is 18.9 Å². The molecular weight excluding hydrogens is 262 g/mol. The fraction of sp³-hybridized carbons (Fsp3) is 0.455. The van der Waals surface area contributed by atoms with E-state index in [2.05, 4.69) is 5.32 Å². The number of anilines is 2. The van der Waals surface area contributed by atoms with Crippen LogP contribution in [-0.4, -0.2) is 26.5 Å². The minimum atomic E-state index is -3.16. The molecule has 3 N–H and O–H groups in total. The molecular formula is C11H16F2N2O2S. The maximum absolute atomic E-state index is 12.8. The molecule has 0 radical (unpaired) electrons. The molecule has 0 aliphatic carbocycles. The Bertz CT molecular complexity index is 518. The minimum Gasteiger partial charge on any atom is -0.399 e. The maximum atomic E-state index is 12.8. The van der Waals surface area contributed by atoms with Crippen LogP contribution in [0.3, 0.4) is 0 Å². The molecule has 0 bridgehead atoms. The van der Waals surface area contributed by atoms with E-state index in [4.69, 9.17) is 5.73 Å². The van der Waals surface area contributed by atoms with Gasteiger partial charge in [-0.05, 0) is 25.1 Å². The SMILES string of the molecule is CC(CS(C)(=O)=O)Nc1ccc(N)cc1C(F)F. The van der Waals surface area contributed by atoms with E-state index in [0.717, 1.165) is 6.26 Å². The van der Waals surface area contributed by atoms with Crippen molar-refractivity contribution in [3.05, 3.63) is 23.8 Å². The van der Waals surface area contributed by atoms with Crippen LogP contribution in [0.5, 0.6) is 0 Å². The van der Waals surface area contributed by atoms with Gasteiger partial charge in [-0.2, -0.15) is 0 Å². The molecule has 1 atom stereocenters. The van der Waals surface area contributed by atoms with E-state index in [1.807, 2.05) is 0 Å². The van der Waals surface area contributed by atoms with Crippen molar-refractivity contribution in [1.29, 1.82) is 0 Å². The topological polar surface area (TPSA) is 72.2 Å². The van der Waals surface area contributed by atoms with Gasteiger partial charge in [0.15, 0.2) is 0 Å². The zero-order chi connectivity index (χ0) is 13.9. The molecule has 1 rings (SSSR count). The van der Waals surface area contributed by atoms with Crippen LogP contribution in [0.25, 0.3) is 0 Å². The van der Waals surface area contributed by atoms with Crippen molar-refractivity contribution in [1.82, 2.24) is 0 Å². The second-order valence-electron chi connectivity index (χ2n) is 4.29. The Kier molecular flexibility index (Phi) is 4.50. The molecule has 0 aliphatic heterocycles. The lowest BCUT2D eigenvalue weighted by molar-refractivity contribution is 0.152. The molecule has 1 aromatic rings. The van der Waals surface area contributed by atoms with Gasteiger partial charge in [0.1, 0.15) is 9.84 Å². The van der Waals surface area contributed by atoms with Crippen LogP contribution in [-0.2, 0) is 9.84 Å². The van der Waals surface area contributed by atoms with Gasteiger partial charge in [0.05, 0.1) is 5.75 Å². The number of nitrogens with one attached hydrogen (secondary N) is 1. The number of nitrogen functional groups attached to an aromatic ring is 1. The molecule has 7 heteroatoms. The van der Waals surface area contributed by atoms with Crippen molar-refractivity contribution < 1.29 is 17.2 Å². The Balaban J connectivity index is 2.90. The maximum Gasteiger partial charge on any atom is 0.265 e. The van der Waals surface area contributed by atoms with E-state index < -0.39 is 22.3 Å². The summed E-state index contributed by atoms with van der Waals surface area (Å²) in [4.78, 5) is 0. The molecule has 0 amide bonds. The molecule has 0 saturated carbocycles. The summed E-state index contributed by atoms with van der Waals surface area (Å²) in [6.45, 7) is 1.62. The van der Waals surface area contributed by atoms with Crippen LogP contribution in [0.4, 0.5) is 20.2 Å². The first-order chi connectivity index (χ1) is 8.19. The standard InChI is InChI=1S/C11H16F2N2O2S/c1-7(6-18(2,16)17)15-10-4-3-8(14)5-9(10)11(12)13/h3-5,7,11,15H,6,14H2,1-2H3. The van der Waals surface area contributed by atoms with Crippen molar-refractivity contribution in [2.75, 3.05) is 23.1 Å². The Morgan fingerprint density at radius 2 is 2.00 bits per heavy atom. The molecule has 4 nitrogen and oxygen atoms in total. The van der Waals surface area contributed by atoms with Crippen molar-refractivity contribution in [3.8, 4) is 0 Å². The summed E-state index contributed by atoms with van der Waals surface area (Å²) in [7, 11) is -3.16. The van der Waals surface area contributed by atoms with Crippen LogP contribution in [0.2, 0.25) is 0 Å². The molecule has 1 unspecified atom stereocenters. The Morgan fingerprint density at radius 1 is 1.39 bits per heavy atom. The highest BCUT2D eigenvalue weighted by Crippen LogP contribution is 2.29. The van der Waals surface area contributed by atoms with Crippen LogP contribution in [0, 0.1) is 0 Å². The fourth-order valence-corrected chi connectivity index (χ4v) is 2.65. The summed E-state index contributed by atoms with van der Waals surface area (Å²) in [5, 5.41) is 2.76. The number of hydrogen-bond acceptors (Lipinski definition) is 4. The summed E-state index contributed by atoms with van der Waals surface area (Å²) in [6, 6.07) is 3.64. The summed E-state index contributed by atoms with van der Waals surface area (Å²) in [5.41, 5.74) is 5.66. The van der Waals surface area contributed by atoms with Gasteiger partial charge in [0.2, 0.25) is 0 Å². The highest BCUT2D eigenvalue weighted by atomic mass is 32.2. The Hall–Kier alpha value is -1.37. The van der Waals surface area contributed by atoms with E-state index in [9.17, 15) is 17.2 Å². The first-order valence-electron chi connectivity index (χ1n) is 5.31. The van der Waals surface area contributed by atoms with Crippen molar-refractivity contribution in [3.63, 3.8) is 0 Å². The second-order valence-corrected chi connectivity index (χ2v) is 6.47. The molecule has 0 aromatic heterocycles. The third-order valence-electron chi connectivity index (χ3n) is 2.27. The lowest BCUT2D eigenvalue weighted by Gasteiger charge is -2.17. The number of halogens is 2. The summed E-state index contributed by atoms with van der Waals surface area (Å²) in [5.74, 6) is -0.125. The van der Waals surface area contributed by atoms with Crippen molar-refractivity contribution >= 4 is 21.2 Å². The molecule has 0 heterocycles. The highest BCUT2D eigenvalue weighted by Gasteiger charge is 2.16. The van der Waals surface area contributed by atoms with E-state index in [0.29, 0.717) is 0 Å². The van der Waals surface area contributed by atoms with E-state index in [1.165, 1.54) is 18.2 Å². The number of benzene rings is 1. The zero-order valence-corrected chi connectivity index (χ0v) is 11.0. The summed E-state index contributed by atoms with van der Waals surface area (Å²) in [6.07, 6.45) is -1.57. The smallest absolute Gasteiger partial charge is 0.265 e. The second kappa shape index (κ2) is 5.51. The Morgan fingerprint density at radius 3 is 2.50 bits per heavy atom. The van der Waals surface area contributed by atoms with E-state index in [-0.39, 0.29) is 22.7 Å². The molecule has 0 saturated heterocycles. The first-order valence-corrected chi connectivity index (χ1v) is 7.37. The fourth-order valence-electron chi connectivity index (χ4n) is 1.65. The van der Waals surface area contributed by atoms with Crippen molar-refractivity contribution in [2.45, 2.75) is 19.4 Å². The van der Waals surface area contributed by atoms with Crippen LogP contribution in [0.15, 0.2) is 18.2 Å². The average Bonchev–Trinajstić information content (AvgIpc) is 2.17. The average molecular weight is 278 g/mol. The van der Waals surface area contributed by atoms with Gasteiger partial charge in [-0.25, -0.2) is 17.2 Å². The number of sulfone groups is 1. The van der Waals surface area contributed by atoms with Crippen LogP contribution >= 0.6 is 0 Å². The molecule has 0 aliphatic rings. The predicted molar refractivity (Wildman–Crippen MR) is 68.6 cm³/mol. The van der Waals surface area contributed by atoms with Gasteiger partial charge in [-0.1, -0.05) is 0 Å². The van der Waals surface area contributed by atoms with Crippen molar-refractivity contribution in [2.24, 2.45) is 0 Å². The van der Waals surface area contributed by atoms with Gasteiger partial charge in [0.25, 0.3) is 6.43 Å². The molecule has 0 fully saturated rings. The normalized spacial score (nSPS) is 13.6. The lowest BCUT2D eigenvalue weighted by atomic mass is 10.1. The van der Waals surface area contributed by atoms with E-state index in [1.54, 1.807) is 6.92 Å². The van der Waals surface area contributed by atoms with Gasteiger partial charge in [-0.15, -0.1) is 0 Å². The number of nitrogens with two attached hydrogens (primary N) is 1. The molecule has 18 heavy (non-hydrogen) atoms. The largest absolute Gasteiger partial charge is 0.399 e. The van der Waals surface area contributed by atoms with Gasteiger partial charge >= 0.3 is 0 Å². The molecule has 1 aromatic carbocycles. The van der Waals surface area contributed by atoms with Gasteiger partial charge < -0.3 is 11.1 Å². The van der Waals surface area contributed by atoms with Gasteiger partial charge in [-0.3, -0.25) is 0 Å². The predicted octanol–water partition coefficient (Wildman–Crippen LogP) is 2.05. The summed E-state index contributed by atoms with van der Waals surface area (Å²) < 4.78 is 47.8. The highest BCUT2D eigenvalue weighted by molar-refractivity contribution is 7.90. The third kappa shape index (κ3) is 4.48. The molecule has 0 spiro atoms. The van der Waals surface area contributed by atoms with Crippen LogP contribution < -0.4 is 11.1 Å². The number of rotatable bonds is 5. The number of hydrogen-bond donors (Lipinski definition) is 2. The monoisotopic (exact) mass is 278 g/mol. The quantitative estimate of drug-likeness (QED) is 0.809. The first kappa shape index (κ1) is 14.7. The summed E-state index contributed by atoms with van der Waals surface area (Å²) >= 11 is 0. The Labute approximate surface area is 105 Å². The lowest BCUT2D eigenvalue weighted by Crippen LogP contribution is -2.25. The zero-order valence-electron chi connectivity index (χ0n) is 10.2. The minimum absolute atomic E-state index is 0.125. The molecule has 102 valence electrons.